The molecule has 14 heavy (non-hydrogen) atoms. The van der Waals surface area contributed by atoms with E-state index in [2.05, 4.69) is 26.0 Å². The Morgan fingerprint density at radius 1 is 1.43 bits per heavy atom. The largest absolute Gasteiger partial charge is 0.395 e. The molecule has 0 fully saturated rings. The van der Waals surface area contributed by atoms with Crippen LogP contribution in [-0.4, -0.2) is 14.8 Å². The van der Waals surface area contributed by atoms with Crippen LogP contribution in [0.15, 0.2) is 29.1 Å². The molecular formula is C8H6BrClN4. The van der Waals surface area contributed by atoms with Gasteiger partial charge in [0.15, 0.2) is 5.15 Å². The lowest BCUT2D eigenvalue weighted by Gasteiger charge is -1.99. The molecular weight excluding hydrogens is 267 g/mol. The van der Waals surface area contributed by atoms with Crippen LogP contribution in [0.1, 0.15) is 0 Å². The summed E-state index contributed by atoms with van der Waals surface area (Å²) in [6, 6.07) is 1.87. The second-order valence-electron chi connectivity index (χ2n) is 2.68. The average molecular weight is 274 g/mol. The van der Waals surface area contributed by atoms with Gasteiger partial charge in [0.25, 0.3) is 0 Å². The Bertz CT molecular complexity index is 449. The maximum Gasteiger partial charge on any atom is 0.174 e. The highest BCUT2D eigenvalue weighted by Crippen LogP contribution is 2.19. The van der Waals surface area contributed by atoms with Gasteiger partial charge in [-0.2, -0.15) is 5.10 Å². The highest BCUT2D eigenvalue weighted by atomic mass is 79.9. The number of nitrogen functional groups attached to an aromatic ring is 1. The SMILES string of the molecule is Nc1cn(-c2cncc(Br)c2)nc1Cl. The van der Waals surface area contributed by atoms with Gasteiger partial charge < -0.3 is 5.73 Å². The fraction of sp³-hybridized carbons (Fsp3) is 0. The Morgan fingerprint density at radius 3 is 2.79 bits per heavy atom. The molecule has 0 aliphatic carbocycles. The fourth-order valence-electron chi connectivity index (χ4n) is 1.02. The number of rotatable bonds is 1. The minimum Gasteiger partial charge on any atom is -0.395 e. The molecule has 2 rings (SSSR count). The van der Waals surface area contributed by atoms with E-state index in [0.717, 1.165) is 10.2 Å². The number of hydrogen-bond acceptors (Lipinski definition) is 3. The quantitative estimate of drug-likeness (QED) is 0.867. The number of anilines is 1. The Kier molecular flexibility index (Phi) is 2.43. The molecule has 0 amide bonds. The van der Waals surface area contributed by atoms with Crippen LogP contribution < -0.4 is 5.73 Å². The van der Waals surface area contributed by atoms with Crippen LogP contribution in [0.2, 0.25) is 5.15 Å². The number of nitrogens with two attached hydrogens (primary N) is 1. The Hall–Kier alpha value is -1.07. The molecule has 0 unspecified atom stereocenters. The molecule has 2 N–H and O–H groups in total. The second-order valence-corrected chi connectivity index (χ2v) is 3.95. The summed E-state index contributed by atoms with van der Waals surface area (Å²) < 4.78 is 2.45. The minimum absolute atomic E-state index is 0.296. The van der Waals surface area contributed by atoms with Crippen LogP contribution in [0.3, 0.4) is 0 Å². The first-order valence-corrected chi connectivity index (χ1v) is 4.95. The van der Waals surface area contributed by atoms with E-state index in [4.69, 9.17) is 17.3 Å². The molecule has 6 heteroatoms. The van der Waals surface area contributed by atoms with Crippen molar-refractivity contribution in [2.75, 3.05) is 5.73 Å². The topological polar surface area (TPSA) is 56.7 Å². The number of aromatic nitrogens is 3. The van der Waals surface area contributed by atoms with Gasteiger partial charge in [0.05, 0.1) is 23.8 Å². The fourth-order valence-corrected chi connectivity index (χ4v) is 1.51. The van der Waals surface area contributed by atoms with Crippen molar-refractivity contribution in [2.45, 2.75) is 0 Å². The molecule has 2 heterocycles. The van der Waals surface area contributed by atoms with Gasteiger partial charge in [-0.3, -0.25) is 4.98 Å². The van der Waals surface area contributed by atoms with Crippen molar-refractivity contribution in [3.63, 3.8) is 0 Å². The van der Waals surface area contributed by atoms with Crippen molar-refractivity contribution in [2.24, 2.45) is 0 Å². The van der Waals surface area contributed by atoms with E-state index < -0.39 is 0 Å². The summed E-state index contributed by atoms with van der Waals surface area (Å²) in [5.41, 5.74) is 6.82. The molecule has 0 aromatic carbocycles. The number of nitrogens with zero attached hydrogens (tertiary/aromatic N) is 3. The highest BCUT2D eigenvalue weighted by Gasteiger charge is 2.04. The molecule has 0 saturated heterocycles. The molecule has 2 aromatic rings. The summed E-state index contributed by atoms with van der Waals surface area (Å²) in [6.07, 6.45) is 5.01. The van der Waals surface area contributed by atoms with Crippen LogP contribution in [0.25, 0.3) is 5.69 Å². The summed E-state index contributed by atoms with van der Waals surface area (Å²) in [5.74, 6) is 0. The third-order valence-corrected chi connectivity index (χ3v) is 2.38. The third-order valence-electron chi connectivity index (χ3n) is 1.65. The van der Waals surface area contributed by atoms with Crippen LogP contribution in [0.5, 0.6) is 0 Å². The first-order chi connectivity index (χ1) is 6.66. The van der Waals surface area contributed by atoms with Gasteiger partial charge in [0.1, 0.15) is 0 Å². The van der Waals surface area contributed by atoms with Gasteiger partial charge in [-0.1, -0.05) is 11.6 Å². The van der Waals surface area contributed by atoms with Crippen molar-refractivity contribution < 1.29 is 0 Å². The van der Waals surface area contributed by atoms with Crippen LogP contribution in [-0.2, 0) is 0 Å². The van der Waals surface area contributed by atoms with E-state index in [1.807, 2.05) is 6.07 Å². The second kappa shape index (κ2) is 3.59. The summed E-state index contributed by atoms with van der Waals surface area (Å²) in [5, 5.41) is 4.31. The summed E-state index contributed by atoms with van der Waals surface area (Å²) in [7, 11) is 0. The monoisotopic (exact) mass is 272 g/mol. The molecule has 4 nitrogen and oxygen atoms in total. The zero-order valence-corrected chi connectivity index (χ0v) is 9.33. The molecule has 0 aliphatic rings. The lowest BCUT2D eigenvalue weighted by molar-refractivity contribution is 0.873. The van der Waals surface area contributed by atoms with E-state index in [-0.39, 0.29) is 0 Å². The van der Waals surface area contributed by atoms with Gasteiger partial charge in [-0.05, 0) is 22.0 Å². The lowest BCUT2D eigenvalue weighted by atomic mass is 10.4. The molecule has 2 aromatic heterocycles. The Morgan fingerprint density at radius 2 is 2.21 bits per heavy atom. The van der Waals surface area contributed by atoms with Gasteiger partial charge in [-0.25, -0.2) is 4.68 Å². The molecule has 0 saturated carbocycles. The van der Waals surface area contributed by atoms with Crippen molar-refractivity contribution in [1.82, 2.24) is 14.8 Å². The van der Waals surface area contributed by atoms with Gasteiger partial charge in [0.2, 0.25) is 0 Å². The van der Waals surface area contributed by atoms with Crippen LogP contribution in [0, 0.1) is 0 Å². The van der Waals surface area contributed by atoms with E-state index >= 15 is 0 Å². The van der Waals surface area contributed by atoms with E-state index in [9.17, 15) is 0 Å². The predicted molar refractivity (Wildman–Crippen MR) is 58.5 cm³/mol. The van der Waals surface area contributed by atoms with Crippen LogP contribution >= 0.6 is 27.5 Å². The predicted octanol–water partition coefficient (Wildman–Crippen LogP) is 2.27. The number of pyridine rings is 1. The summed E-state index contributed by atoms with van der Waals surface area (Å²) in [6.45, 7) is 0. The zero-order valence-electron chi connectivity index (χ0n) is 6.98. The standard InChI is InChI=1S/C8H6BrClN4/c9-5-1-6(3-12-2-5)14-4-7(11)8(10)13-14/h1-4H,11H2. The average Bonchev–Trinajstić information content (AvgIpc) is 2.47. The van der Waals surface area contributed by atoms with E-state index in [0.29, 0.717) is 10.8 Å². The van der Waals surface area contributed by atoms with Gasteiger partial charge in [-0.15, -0.1) is 0 Å². The highest BCUT2D eigenvalue weighted by molar-refractivity contribution is 9.10. The van der Waals surface area contributed by atoms with Crippen LogP contribution in [0.4, 0.5) is 5.69 Å². The van der Waals surface area contributed by atoms with E-state index in [1.165, 1.54) is 0 Å². The first-order valence-electron chi connectivity index (χ1n) is 3.78. The summed E-state index contributed by atoms with van der Waals surface area (Å²) in [4.78, 5) is 4.01. The molecule has 0 bridgehead atoms. The van der Waals surface area contributed by atoms with E-state index in [1.54, 1.807) is 23.3 Å². The normalized spacial score (nSPS) is 10.4. The molecule has 0 aliphatic heterocycles. The third kappa shape index (κ3) is 1.73. The van der Waals surface area contributed by atoms with Crippen molar-refractivity contribution in [3.8, 4) is 5.69 Å². The van der Waals surface area contributed by atoms with Crippen molar-refractivity contribution in [1.29, 1.82) is 0 Å². The molecule has 0 radical (unpaired) electrons. The number of hydrogen-bond donors (Lipinski definition) is 1. The molecule has 0 spiro atoms. The maximum atomic E-state index is 5.73. The van der Waals surface area contributed by atoms with Crippen molar-refractivity contribution >= 4 is 33.2 Å². The van der Waals surface area contributed by atoms with Gasteiger partial charge >= 0.3 is 0 Å². The van der Waals surface area contributed by atoms with Gasteiger partial charge in [0, 0.05) is 10.7 Å². The lowest BCUT2D eigenvalue weighted by Crippen LogP contribution is -1.94. The maximum absolute atomic E-state index is 5.73. The minimum atomic E-state index is 0.296. The Labute approximate surface area is 93.8 Å². The molecule has 72 valence electrons. The summed E-state index contributed by atoms with van der Waals surface area (Å²) >= 11 is 9.05. The zero-order chi connectivity index (χ0) is 10.1. The number of halogens is 2. The molecule has 0 atom stereocenters. The smallest absolute Gasteiger partial charge is 0.174 e. The first kappa shape index (κ1) is 9.48. The van der Waals surface area contributed by atoms with Crippen molar-refractivity contribution in [3.05, 3.63) is 34.3 Å². The Balaban J connectivity index is 2.49.